The van der Waals surface area contributed by atoms with Crippen LogP contribution in [0.1, 0.15) is 12.1 Å². The van der Waals surface area contributed by atoms with Crippen molar-refractivity contribution in [2.24, 2.45) is 0 Å². The number of rotatable bonds is 4. The van der Waals surface area contributed by atoms with Crippen molar-refractivity contribution in [1.82, 2.24) is 9.88 Å². The van der Waals surface area contributed by atoms with E-state index in [4.69, 9.17) is 5.11 Å². The summed E-state index contributed by atoms with van der Waals surface area (Å²) in [5.74, 6) is 0.0387. The van der Waals surface area contributed by atoms with Gasteiger partial charge in [0.15, 0.2) is 9.84 Å². The van der Waals surface area contributed by atoms with E-state index in [1.165, 1.54) is 4.90 Å². The van der Waals surface area contributed by atoms with E-state index in [0.29, 0.717) is 12.1 Å². The van der Waals surface area contributed by atoms with E-state index in [1.54, 1.807) is 18.3 Å². The van der Waals surface area contributed by atoms with Crippen LogP contribution in [0.4, 0.5) is 10.5 Å². The van der Waals surface area contributed by atoms with Gasteiger partial charge in [0.2, 0.25) is 0 Å². The monoisotopic (exact) mass is 313 g/mol. The molecule has 1 aromatic rings. The first kappa shape index (κ1) is 15.7. The molecule has 1 atom stereocenters. The summed E-state index contributed by atoms with van der Waals surface area (Å²) < 4.78 is 23.1. The Labute approximate surface area is 123 Å². The first-order chi connectivity index (χ1) is 9.91. The number of aliphatic hydroxyl groups excluding tert-OH is 1. The summed E-state index contributed by atoms with van der Waals surface area (Å²) in [6, 6.07) is 2.59. The molecule has 1 fully saturated rings. The number of aromatic nitrogens is 1. The average molecular weight is 313 g/mol. The summed E-state index contributed by atoms with van der Waals surface area (Å²) in [5, 5.41) is 11.8. The van der Waals surface area contributed by atoms with Crippen molar-refractivity contribution in [1.29, 1.82) is 0 Å². The quantitative estimate of drug-likeness (QED) is 0.838. The zero-order valence-corrected chi connectivity index (χ0v) is 12.6. The minimum Gasteiger partial charge on any atom is -0.395 e. The van der Waals surface area contributed by atoms with Gasteiger partial charge in [-0.05, 0) is 25.5 Å². The van der Waals surface area contributed by atoms with Crippen molar-refractivity contribution in [3.63, 3.8) is 0 Å². The molecule has 1 aliphatic rings. The number of aryl methyl sites for hydroxylation is 1. The highest BCUT2D eigenvalue weighted by molar-refractivity contribution is 7.91. The van der Waals surface area contributed by atoms with Crippen molar-refractivity contribution in [2.75, 3.05) is 30.0 Å². The van der Waals surface area contributed by atoms with Crippen molar-refractivity contribution in [3.8, 4) is 0 Å². The van der Waals surface area contributed by atoms with Gasteiger partial charge in [-0.2, -0.15) is 0 Å². The summed E-state index contributed by atoms with van der Waals surface area (Å²) in [5.41, 5.74) is 1.36. The molecule has 2 N–H and O–H groups in total. The lowest BCUT2D eigenvalue weighted by Gasteiger charge is -2.27. The SMILES string of the molecule is Cc1cc(NC(=O)N(CCO)C2CCS(=O)(=O)C2)ccn1. The van der Waals surface area contributed by atoms with E-state index in [-0.39, 0.29) is 30.7 Å². The Hall–Kier alpha value is -1.67. The van der Waals surface area contributed by atoms with Gasteiger partial charge < -0.3 is 15.3 Å². The molecule has 0 radical (unpaired) electrons. The second-order valence-electron chi connectivity index (χ2n) is 5.09. The number of nitrogens with zero attached hydrogens (tertiary/aromatic N) is 2. The van der Waals surface area contributed by atoms with Crippen molar-refractivity contribution in [3.05, 3.63) is 24.0 Å². The van der Waals surface area contributed by atoms with Crippen LogP contribution >= 0.6 is 0 Å². The predicted molar refractivity (Wildman–Crippen MR) is 78.8 cm³/mol. The number of urea groups is 1. The molecule has 0 spiro atoms. The first-order valence-electron chi connectivity index (χ1n) is 6.73. The lowest BCUT2D eigenvalue weighted by atomic mass is 10.2. The van der Waals surface area contributed by atoms with Crippen LogP contribution in [0.2, 0.25) is 0 Å². The molecule has 0 aromatic carbocycles. The number of sulfone groups is 1. The topological polar surface area (TPSA) is 99.6 Å². The Bertz CT molecular complexity index is 618. The standard InChI is InChI=1S/C13H19N3O4S/c1-10-8-11(2-4-14-10)15-13(18)16(5-6-17)12-3-7-21(19,20)9-12/h2,4,8,12,17H,3,5-7,9H2,1H3,(H,14,15,18). The van der Waals surface area contributed by atoms with Crippen LogP contribution in [0.25, 0.3) is 0 Å². The van der Waals surface area contributed by atoms with Crippen LogP contribution in [0.15, 0.2) is 18.3 Å². The molecule has 2 heterocycles. The van der Waals surface area contributed by atoms with E-state index >= 15 is 0 Å². The molecule has 21 heavy (non-hydrogen) atoms. The van der Waals surface area contributed by atoms with Gasteiger partial charge in [0.1, 0.15) is 0 Å². The zero-order valence-electron chi connectivity index (χ0n) is 11.8. The second kappa shape index (κ2) is 6.40. The van der Waals surface area contributed by atoms with E-state index < -0.39 is 15.9 Å². The van der Waals surface area contributed by atoms with Gasteiger partial charge >= 0.3 is 6.03 Å². The van der Waals surface area contributed by atoms with E-state index in [2.05, 4.69) is 10.3 Å². The Morgan fingerprint density at radius 1 is 1.57 bits per heavy atom. The van der Waals surface area contributed by atoms with Crippen molar-refractivity contribution >= 4 is 21.6 Å². The molecule has 7 nitrogen and oxygen atoms in total. The number of aliphatic hydroxyl groups is 1. The fraction of sp³-hybridized carbons (Fsp3) is 0.538. The van der Waals surface area contributed by atoms with Crippen molar-refractivity contribution < 1.29 is 18.3 Å². The summed E-state index contributed by atoms with van der Waals surface area (Å²) in [6.45, 7) is 1.71. The van der Waals surface area contributed by atoms with Gasteiger partial charge in [0.05, 0.1) is 18.1 Å². The Morgan fingerprint density at radius 3 is 2.90 bits per heavy atom. The predicted octanol–water partition coefficient (Wildman–Crippen LogP) is 0.403. The van der Waals surface area contributed by atoms with Crippen LogP contribution in [0.3, 0.4) is 0 Å². The highest BCUT2D eigenvalue weighted by Crippen LogP contribution is 2.19. The fourth-order valence-corrected chi connectivity index (χ4v) is 4.13. The van der Waals surface area contributed by atoms with Gasteiger partial charge in [0.25, 0.3) is 0 Å². The number of pyridine rings is 1. The maximum absolute atomic E-state index is 12.3. The van der Waals surface area contributed by atoms with Gasteiger partial charge in [0, 0.05) is 30.2 Å². The number of carbonyl (C=O) groups is 1. The van der Waals surface area contributed by atoms with Gasteiger partial charge in [-0.1, -0.05) is 0 Å². The number of hydrogen-bond acceptors (Lipinski definition) is 5. The van der Waals surface area contributed by atoms with Gasteiger partial charge in [-0.15, -0.1) is 0 Å². The molecule has 8 heteroatoms. The molecular formula is C13H19N3O4S. The largest absolute Gasteiger partial charge is 0.395 e. The average Bonchev–Trinajstić information content (AvgIpc) is 2.76. The summed E-state index contributed by atoms with van der Waals surface area (Å²) >= 11 is 0. The Morgan fingerprint density at radius 2 is 2.33 bits per heavy atom. The highest BCUT2D eigenvalue weighted by atomic mass is 32.2. The number of hydrogen-bond donors (Lipinski definition) is 2. The highest BCUT2D eigenvalue weighted by Gasteiger charge is 2.34. The van der Waals surface area contributed by atoms with Crippen LogP contribution in [-0.2, 0) is 9.84 Å². The smallest absolute Gasteiger partial charge is 0.322 e. The van der Waals surface area contributed by atoms with Crippen LogP contribution in [-0.4, -0.2) is 60.1 Å². The fourth-order valence-electron chi connectivity index (χ4n) is 2.40. The molecule has 0 bridgehead atoms. The lowest BCUT2D eigenvalue weighted by molar-refractivity contribution is 0.169. The Kier molecular flexibility index (Phi) is 4.79. The number of anilines is 1. The normalized spacial score (nSPS) is 20.2. The van der Waals surface area contributed by atoms with Gasteiger partial charge in [-0.25, -0.2) is 13.2 Å². The minimum atomic E-state index is -3.09. The van der Waals surface area contributed by atoms with E-state index in [9.17, 15) is 13.2 Å². The summed E-state index contributed by atoms with van der Waals surface area (Å²) in [7, 11) is -3.09. The molecular weight excluding hydrogens is 294 g/mol. The maximum atomic E-state index is 12.3. The second-order valence-corrected chi connectivity index (χ2v) is 7.32. The lowest BCUT2D eigenvalue weighted by Crippen LogP contribution is -2.45. The first-order valence-corrected chi connectivity index (χ1v) is 8.55. The van der Waals surface area contributed by atoms with Gasteiger partial charge in [-0.3, -0.25) is 4.98 Å². The van der Waals surface area contributed by atoms with Crippen LogP contribution in [0, 0.1) is 6.92 Å². The van der Waals surface area contributed by atoms with E-state index in [1.807, 2.05) is 6.92 Å². The van der Waals surface area contributed by atoms with Crippen LogP contribution < -0.4 is 5.32 Å². The molecule has 0 aliphatic carbocycles. The van der Waals surface area contributed by atoms with Crippen molar-refractivity contribution in [2.45, 2.75) is 19.4 Å². The molecule has 2 rings (SSSR count). The van der Waals surface area contributed by atoms with Crippen LogP contribution in [0.5, 0.6) is 0 Å². The molecule has 1 saturated heterocycles. The molecule has 116 valence electrons. The molecule has 1 aromatic heterocycles. The molecule has 1 unspecified atom stereocenters. The zero-order chi connectivity index (χ0) is 15.5. The third-order valence-electron chi connectivity index (χ3n) is 3.40. The number of carbonyl (C=O) groups excluding carboxylic acids is 1. The summed E-state index contributed by atoms with van der Waals surface area (Å²) in [6.07, 6.45) is 1.99. The number of nitrogens with one attached hydrogen (secondary N) is 1. The summed E-state index contributed by atoms with van der Waals surface area (Å²) in [4.78, 5) is 17.7. The molecule has 2 amide bonds. The number of amides is 2. The van der Waals surface area contributed by atoms with E-state index in [0.717, 1.165) is 5.69 Å². The third kappa shape index (κ3) is 4.15. The minimum absolute atomic E-state index is 0.0458. The third-order valence-corrected chi connectivity index (χ3v) is 5.15. The molecule has 1 aliphatic heterocycles. The molecule has 0 saturated carbocycles. The maximum Gasteiger partial charge on any atom is 0.322 e. The Balaban J connectivity index is 2.09.